The number of rotatable bonds is 6. The molecule has 4 aromatic rings. The van der Waals surface area contributed by atoms with Gasteiger partial charge in [-0.05, 0) is 72.7 Å². The lowest BCUT2D eigenvalue weighted by Gasteiger charge is -2.49. The van der Waals surface area contributed by atoms with Gasteiger partial charge in [0.2, 0.25) is 17.7 Å². The Labute approximate surface area is 238 Å². The van der Waals surface area contributed by atoms with E-state index in [2.05, 4.69) is 24.4 Å². The highest BCUT2D eigenvalue weighted by molar-refractivity contribution is 7.21. The van der Waals surface area contributed by atoms with Crippen molar-refractivity contribution >= 4 is 45.0 Å². The molecule has 1 aliphatic carbocycles. The minimum absolute atomic E-state index is 0.234. The summed E-state index contributed by atoms with van der Waals surface area (Å²) in [7, 11) is 0. The number of aromatic nitrogens is 1. The summed E-state index contributed by atoms with van der Waals surface area (Å²) < 4.78 is 1.14. The second-order valence-electron chi connectivity index (χ2n) is 11.9. The molecule has 3 aromatic carbocycles. The van der Waals surface area contributed by atoms with E-state index in [-0.39, 0.29) is 30.1 Å². The Morgan fingerprint density at radius 3 is 2.50 bits per heavy atom. The third kappa shape index (κ3) is 4.24. The lowest BCUT2D eigenvalue weighted by Crippen LogP contribution is -2.64. The predicted octanol–water partition coefficient (Wildman–Crippen LogP) is 6.63. The summed E-state index contributed by atoms with van der Waals surface area (Å²) in [4.78, 5) is 47.6. The molecule has 3 amide bonds. The van der Waals surface area contributed by atoms with Gasteiger partial charge in [0, 0.05) is 23.6 Å². The van der Waals surface area contributed by atoms with Crippen LogP contribution in [0.4, 0.5) is 5.69 Å². The number of nitrogens with zero attached hydrogens (tertiary/aromatic N) is 2. The summed E-state index contributed by atoms with van der Waals surface area (Å²) in [5.74, 6) is -1.12. The van der Waals surface area contributed by atoms with Gasteiger partial charge in [0.05, 0.1) is 15.6 Å². The molecule has 2 fully saturated rings. The second-order valence-corrected chi connectivity index (χ2v) is 13.0. The first-order chi connectivity index (χ1) is 19.1. The molecule has 1 N–H and O–H groups in total. The third-order valence-corrected chi connectivity index (χ3v) is 10.3. The monoisotopic (exact) mass is 551 g/mol. The molecule has 6 rings (SSSR count). The maximum atomic E-state index is 13.9. The number of aryl methyl sites for hydroxylation is 1. The van der Waals surface area contributed by atoms with Gasteiger partial charge in [0.25, 0.3) is 0 Å². The van der Waals surface area contributed by atoms with Gasteiger partial charge in [0.15, 0.2) is 0 Å². The van der Waals surface area contributed by atoms with E-state index in [1.165, 1.54) is 10.5 Å². The molecule has 1 aromatic heterocycles. The maximum absolute atomic E-state index is 13.9. The number of carbonyl (C=O) groups is 3. The Morgan fingerprint density at radius 2 is 1.77 bits per heavy atom. The molecule has 3 unspecified atom stereocenters. The number of nitrogens with one attached hydrogen (secondary N) is 1. The number of amides is 3. The summed E-state index contributed by atoms with van der Waals surface area (Å²) in [6, 6.07) is 22.4. The van der Waals surface area contributed by atoms with Crippen molar-refractivity contribution in [2.45, 2.75) is 53.0 Å². The SMILES string of the molecule is Cc1ccc2nc(-c3ccc(NC(=O)C(Cc4ccccc4)N4C(=O)C5CCC(C)(C4=O)C5(C)C)cc3)sc2c1. The van der Waals surface area contributed by atoms with E-state index in [9.17, 15) is 14.4 Å². The number of benzene rings is 3. The molecule has 2 heterocycles. The van der Waals surface area contributed by atoms with E-state index in [4.69, 9.17) is 4.98 Å². The summed E-state index contributed by atoms with van der Waals surface area (Å²) in [6.07, 6.45) is 1.58. The number of thiazole rings is 1. The summed E-state index contributed by atoms with van der Waals surface area (Å²) >= 11 is 1.64. The lowest BCUT2D eigenvalue weighted by atomic mass is 9.62. The fourth-order valence-corrected chi connectivity index (χ4v) is 7.43. The molecular weight excluding hydrogens is 518 g/mol. The Kier molecular flexibility index (Phi) is 6.37. The van der Waals surface area contributed by atoms with E-state index in [1.807, 2.05) is 81.4 Å². The quantitative estimate of drug-likeness (QED) is 0.273. The highest BCUT2D eigenvalue weighted by Gasteiger charge is 2.65. The predicted molar refractivity (Wildman–Crippen MR) is 159 cm³/mol. The summed E-state index contributed by atoms with van der Waals surface area (Å²) in [5.41, 5.74) is 3.50. The normalized spacial score (nSPS) is 22.5. The fraction of sp³-hybridized carbons (Fsp3) is 0.333. The van der Waals surface area contributed by atoms with E-state index >= 15 is 0 Å². The van der Waals surface area contributed by atoms with Gasteiger partial charge < -0.3 is 5.32 Å². The molecule has 1 aliphatic heterocycles. The van der Waals surface area contributed by atoms with Crippen molar-refractivity contribution in [3.8, 4) is 10.6 Å². The van der Waals surface area contributed by atoms with Crippen LogP contribution >= 0.6 is 11.3 Å². The zero-order valence-electron chi connectivity index (χ0n) is 23.2. The van der Waals surface area contributed by atoms with Crippen LogP contribution in [0.5, 0.6) is 0 Å². The van der Waals surface area contributed by atoms with Crippen LogP contribution in [0.1, 0.15) is 44.7 Å². The van der Waals surface area contributed by atoms with E-state index < -0.39 is 16.9 Å². The standard InChI is InChI=1S/C33H33N3O3S/c1-20-10-15-25-27(18-20)40-29(35-25)22-11-13-23(14-12-22)34-28(37)26(19-21-8-6-5-7-9-21)36-30(38)24-16-17-33(4,31(36)39)32(24,2)3/h5-15,18,24,26H,16-17,19H2,1-4H3,(H,34,37). The molecule has 6 nitrogen and oxygen atoms in total. The third-order valence-electron chi connectivity index (χ3n) is 9.28. The fourth-order valence-electron chi connectivity index (χ4n) is 6.36. The van der Waals surface area contributed by atoms with E-state index in [0.29, 0.717) is 18.5 Å². The molecule has 3 atom stereocenters. The van der Waals surface area contributed by atoms with E-state index in [1.54, 1.807) is 11.3 Å². The van der Waals surface area contributed by atoms with Crippen molar-refractivity contribution in [3.63, 3.8) is 0 Å². The van der Waals surface area contributed by atoms with Crippen LogP contribution in [0, 0.1) is 23.7 Å². The van der Waals surface area contributed by atoms with Crippen molar-refractivity contribution < 1.29 is 14.4 Å². The van der Waals surface area contributed by atoms with Crippen molar-refractivity contribution in [2.75, 3.05) is 5.32 Å². The lowest BCUT2D eigenvalue weighted by molar-refractivity contribution is -0.172. The number of fused-ring (bicyclic) bond motifs is 3. The van der Waals surface area contributed by atoms with Crippen LogP contribution in [-0.4, -0.2) is 33.6 Å². The van der Waals surface area contributed by atoms with Crippen LogP contribution < -0.4 is 5.32 Å². The van der Waals surface area contributed by atoms with Gasteiger partial charge in [-0.2, -0.15) is 0 Å². The minimum Gasteiger partial charge on any atom is -0.324 e. The molecule has 0 spiro atoms. The van der Waals surface area contributed by atoms with Crippen LogP contribution in [0.15, 0.2) is 72.8 Å². The number of likely N-dealkylation sites (tertiary alicyclic amines) is 1. The van der Waals surface area contributed by atoms with E-state index in [0.717, 1.165) is 26.4 Å². The highest BCUT2D eigenvalue weighted by atomic mass is 32.1. The van der Waals surface area contributed by atoms with Crippen molar-refractivity contribution in [3.05, 3.63) is 83.9 Å². The van der Waals surface area contributed by atoms with Crippen LogP contribution in [0.25, 0.3) is 20.8 Å². The molecule has 1 saturated carbocycles. The second kappa shape index (κ2) is 9.66. The topological polar surface area (TPSA) is 79.4 Å². The summed E-state index contributed by atoms with van der Waals surface area (Å²) in [5, 5.41) is 3.91. The minimum atomic E-state index is -0.939. The zero-order chi connectivity index (χ0) is 28.2. The number of piperidine rings is 1. The summed E-state index contributed by atoms with van der Waals surface area (Å²) in [6.45, 7) is 8.04. The van der Waals surface area contributed by atoms with Gasteiger partial charge in [-0.3, -0.25) is 19.3 Å². The first kappa shape index (κ1) is 26.4. The number of carbonyl (C=O) groups excluding carboxylic acids is 3. The number of anilines is 1. The maximum Gasteiger partial charge on any atom is 0.248 e. The smallest absolute Gasteiger partial charge is 0.248 e. The highest BCUT2D eigenvalue weighted by Crippen LogP contribution is 2.60. The van der Waals surface area contributed by atoms with Crippen LogP contribution in [-0.2, 0) is 20.8 Å². The average Bonchev–Trinajstić information content (AvgIpc) is 3.43. The molecule has 1 saturated heterocycles. The van der Waals surface area contributed by atoms with Gasteiger partial charge in [-0.1, -0.05) is 57.2 Å². The Hall–Kier alpha value is -3.84. The molecule has 2 aliphatic rings. The molecule has 0 radical (unpaired) electrons. The van der Waals surface area contributed by atoms with Gasteiger partial charge in [-0.25, -0.2) is 4.98 Å². The molecular formula is C33H33N3O3S. The number of hydrogen-bond acceptors (Lipinski definition) is 5. The Bertz CT molecular complexity index is 1630. The molecule has 7 heteroatoms. The first-order valence-corrected chi connectivity index (χ1v) is 14.6. The average molecular weight is 552 g/mol. The van der Waals surface area contributed by atoms with Crippen molar-refractivity contribution in [1.29, 1.82) is 0 Å². The van der Waals surface area contributed by atoms with Gasteiger partial charge in [-0.15, -0.1) is 11.3 Å². The molecule has 204 valence electrons. The number of imide groups is 1. The van der Waals surface area contributed by atoms with Crippen LogP contribution in [0.3, 0.4) is 0 Å². The first-order valence-electron chi connectivity index (χ1n) is 13.8. The van der Waals surface area contributed by atoms with Crippen LogP contribution in [0.2, 0.25) is 0 Å². The van der Waals surface area contributed by atoms with Crippen molar-refractivity contribution in [1.82, 2.24) is 9.88 Å². The largest absolute Gasteiger partial charge is 0.324 e. The Morgan fingerprint density at radius 1 is 1.05 bits per heavy atom. The molecule has 40 heavy (non-hydrogen) atoms. The molecule has 2 bridgehead atoms. The number of hydrogen-bond donors (Lipinski definition) is 1. The zero-order valence-corrected chi connectivity index (χ0v) is 24.0. The van der Waals surface area contributed by atoms with Gasteiger partial charge in [0.1, 0.15) is 11.0 Å². The Balaban J connectivity index is 1.28. The van der Waals surface area contributed by atoms with Crippen molar-refractivity contribution in [2.24, 2.45) is 16.7 Å². The van der Waals surface area contributed by atoms with Gasteiger partial charge >= 0.3 is 0 Å².